The Morgan fingerprint density at radius 1 is 1.32 bits per heavy atom. The van der Waals surface area contributed by atoms with Crippen LogP contribution in [0.15, 0.2) is 17.1 Å². The number of hydrogen-bond donors (Lipinski definition) is 1. The molecule has 0 aromatic rings. The lowest BCUT2D eigenvalue weighted by atomic mass is 9.94. The molecule has 1 atom stereocenters. The van der Waals surface area contributed by atoms with Crippen LogP contribution in [-0.2, 0) is 9.53 Å². The second kappa shape index (κ2) is 10.1. The number of nitrogens with one attached hydrogen (secondary N) is 1. The summed E-state index contributed by atoms with van der Waals surface area (Å²) in [6, 6.07) is 0. The molecule has 1 N–H and O–H groups in total. The van der Waals surface area contributed by atoms with Crippen molar-refractivity contribution in [1.29, 1.82) is 0 Å². The van der Waals surface area contributed by atoms with Crippen molar-refractivity contribution in [3.8, 4) is 0 Å². The molecule has 0 radical (unpaired) electrons. The number of aliphatic imine (C=N–C) groups is 1. The molecule has 0 amide bonds. The first-order valence-corrected chi connectivity index (χ1v) is 7.93. The fourth-order valence-corrected chi connectivity index (χ4v) is 3.10. The molecule has 0 aromatic heterocycles. The number of likely N-dealkylation sites (tertiary alicyclic amines) is 1. The van der Waals surface area contributed by atoms with Gasteiger partial charge in [-0.15, -0.1) is 24.0 Å². The number of carbonyl (C=O) groups is 1. The number of carbonyl (C=O) groups excluding carboxylic acids is 1. The minimum atomic E-state index is -0.0772. The zero-order valence-corrected chi connectivity index (χ0v) is 15.9. The van der Waals surface area contributed by atoms with E-state index in [9.17, 15) is 4.79 Å². The van der Waals surface area contributed by atoms with Crippen LogP contribution in [0.1, 0.15) is 32.1 Å². The lowest BCUT2D eigenvalue weighted by Crippen LogP contribution is -2.47. The van der Waals surface area contributed by atoms with E-state index in [-0.39, 0.29) is 35.9 Å². The smallest absolute Gasteiger partial charge is 0.308 e. The largest absolute Gasteiger partial charge is 0.469 e. The summed E-state index contributed by atoms with van der Waals surface area (Å²) in [6.07, 6.45) is 9.84. The lowest BCUT2D eigenvalue weighted by molar-refractivity contribution is -0.146. The van der Waals surface area contributed by atoms with Crippen LogP contribution in [-0.4, -0.2) is 50.6 Å². The molecule has 1 fully saturated rings. The van der Waals surface area contributed by atoms with Crippen molar-refractivity contribution in [1.82, 2.24) is 10.2 Å². The Balaban J connectivity index is 0.00000242. The second-order valence-electron chi connectivity index (χ2n) is 5.86. The standard InChI is InChI=1S/C16H27N3O2.HI/c1-17-16(18-12-13-6-4-3-5-7-13)19-10-8-14(9-11-19)15(20)21-2;/h3-4,13-14H,5-12H2,1-2H3,(H,17,18);1H. The third kappa shape index (κ3) is 5.44. The number of guanidine groups is 1. The van der Waals surface area contributed by atoms with Crippen LogP contribution < -0.4 is 5.32 Å². The molecule has 2 rings (SSSR count). The van der Waals surface area contributed by atoms with E-state index in [2.05, 4.69) is 27.4 Å². The lowest BCUT2D eigenvalue weighted by Gasteiger charge is -2.33. The summed E-state index contributed by atoms with van der Waals surface area (Å²) in [7, 11) is 3.29. The van der Waals surface area contributed by atoms with Crippen molar-refractivity contribution < 1.29 is 9.53 Å². The maximum absolute atomic E-state index is 11.6. The van der Waals surface area contributed by atoms with Gasteiger partial charge in [0.05, 0.1) is 13.0 Å². The van der Waals surface area contributed by atoms with Crippen molar-refractivity contribution in [3.05, 3.63) is 12.2 Å². The summed E-state index contributed by atoms with van der Waals surface area (Å²) >= 11 is 0. The molecular formula is C16H28IN3O2. The molecule has 1 saturated heterocycles. The Labute approximate surface area is 150 Å². The molecule has 2 aliphatic rings. The van der Waals surface area contributed by atoms with Crippen molar-refractivity contribution >= 4 is 35.9 Å². The van der Waals surface area contributed by atoms with Gasteiger partial charge in [-0.2, -0.15) is 0 Å². The monoisotopic (exact) mass is 421 g/mol. The number of nitrogens with zero attached hydrogens (tertiary/aromatic N) is 2. The van der Waals surface area contributed by atoms with Crippen LogP contribution in [0, 0.1) is 11.8 Å². The molecule has 1 aliphatic heterocycles. The highest BCUT2D eigenvalue weighted by atomic mass is 127. The number of ether oxygens (including phenoxy) is 1. The second-order valence-corrected chi connectivity index (χ2v) is 5.86. The summed E-state index contributed by atoms with van der Waals surface area (Å²) in [5.41, 5.74) is 0. The Hall–Kier alpha value is -0.790. The van der Waals surface area contributed by atoms with Gasteiger partial charge in [-0.05, 0) is 38.0 Å². The summed E-state index contributed by atoms with van der Waals surface area (Å²) in [6.45, 7) is 2.71. The number of esters is 1. The third-order valence-electron chi connectivity index (χ3n) is 4.47. The van der Waals surface area contributed by atoms with Crippen LogP contribution in [0.5, 0.6) is 0 Å². The maximum Gasteiger partial charge on any atom is 0.308 e. The van der Waals surface area contributed by atoms with Gasteiger partial charge >= 0.3 is 5.97 Å². The van der Waals surface area contributed by atoms with E-state index in [0.717, 1.165) is 44.9 Å². The van der Waals surface area contributed by atoms with Gasteiger partial charge in [0.1, 0.15) is 0 Å². The molecule has 1 unspecified atom stereocenters. The van der Waals surface area contributed by atoms with Crippen LogP contribution in [0.4, 0.5) is 0 Å². The predicted molar refractivity (Wildman–Crippen MR) is 99.6 cm³/mol. The molecule has 0 bridgehead atoms. The fourth-order valence-electron chi connectivity index (χ4n) is 3.10. The SMILES string of the molecule is CN=C(NCC1CC=CCC1)N1CCC(C(=O)OC)CC1.I. The van der Waals surface area contributed by atoms with E-state index in [0.29, 0.717) is 5.92 Å². The van der Waals surface area contributed by atoms with E-state index >= 15 is 0 Å². The van der Waals surface area contributed by atoms with Crippen molar-refractivity contribution in [3.63, 3.8) is 0 Å². The maximum atomic E-state index is 11.6. The first-order chi connectivity index (χ1) is 10.2. The van der Waals surface area contributed by atoms with Gasteiger partial charge in [-0.1, -0.05) is 12.2 Å². The molecule has 1 aliphatic carbocycles. The quantitative estimate of drug-likeness (QED) is 0.250. The van der Waals surface area contributed by atoms with Gasteiger partial charge in [-0.3, -0.25) is 9.79 Å². The minimum absolute atomic E-state index is 0. The van der Waals surface area contributed by atoms with Gasteiger partial charge in [0.2, 0.25) is 0 Å². The number of halogens is 1. The molecule has 0 saturated carbocycles. The number of rotatable bonds is 3. The van der Waals surface area contributed by atoms with E-state index in [4.69, 9.17) is 4.74 Å². The Morgan fingerprint density at radius 3 is 2.59 bits per heavy atom. The first-order valence-electron chi connectivity index (χ1n) is 7.93. The van der Waals surface area contributed by atoms with E-state index < -0.39 is 0 Å². The fraction of sp³-hybridized carbons (Fsp3) is 0.750. The van der Waals surface area contributed by atoms with Crippen LogP contribution in [0.3, 0.4) is 0 Å². The molecule has 22 heavy (non-hydrogen) atoms. The Kier molecular flexibility index (Phi) is 8.82. The van der Waals surface area contributed by atoms with Crippen LogP contribution in [0.25, 0.3) is 0 Å². The molecule has 6 heteroatoms. The van der Waals surface area contributed by atoms with Crippen LogP contribution in [0.2, 0.25) is 0 Å². The van der Waals surface area contributed by atoms with Gasteiger partial charge < -0.3 is 15.0 Å². The zero-order valence-electron chi connectivity index (χ0n) is 13.6. The van der Waals surface area contributed by atoms with Gasteiger partial charge in [0.25, 0.3) is 0 Å². The molecule has 0 spiro atoms. The third-order valence-corrected chi connectivity index (χ3v) is 4.47. The number of hydrogen-bond acceptors (Lipinski definition) is 3. The van der Waals surface area contributed by atoms with Gasteiger partial charge in [0, 0.05) is 26.7 Å². The highest BCUT2D eigenvalue weighted by Crippen LogP contribution is 2.19. The van der Waals surface area contributed by atoms with Gasteiger partial charge in [-0.25, -0.2) is 0 Å². The van der Waals surface area contributed by atoms with E-state index in [1.807, 2.05) is 7.05 Å². The van der Waals surface area contributed by atoms with Gasteiger partial charge in [0.15, 0.2) is 5.96 Å². The average Bonchev–Trinajstić information content (AvgIpc) is 2.56. The molecule has 5 nitrogen and oxygen atoms in total. The normalized spacial score (nSPS) is 22.9. The Morgan fingerprint density at radius 2 is 2.05 bits per heavy atom. The molecule has 1 heterocycles. The van der Waals surface area contributed by atoms with Crippen LogP contribution >= 0.6 is 24.0 Å². The summed E-state index contributed by atoms with van der Waals surface area (Å²) in [5.74, 6) is 1.65. The minimum Gasteiger partial charge on any atom is -0.469 e. The Bertz CT molecular complexity index is 404. The van der Waals surface area contributed by atoms with Crippen molar-refractivity contribution in [2.24, 2.45) is 16.8 Å². The molecule has 0 aromatic carbocycles. The summed E-state index contributed by atoms with van der Waals surface area (Å²) in [4.78, 5) is 18.2. The van der Waals surface area contributed by atoms with E-state index in [1.54, 1.807) is 0 Å². The van der Waals surface area contributed by atoms with E-state index in [1.165, 1.54) is 20.0 Å². The molecule has 126 valence electrons. The number of methoxy groups -OCH3 is 1. The van der Waals surface area contributed by atoms with Crippen molar-refractivity contribution in [2.75, 3.05) is 33.8 Å². The first kappa shape index (κ1) is 19.3. The number of allylic oxidation sites excluding steroid dienone is 2. The number of piperidine rings is 1. The summed E-state index contributed by atoms with van der Waals surface area (Å²) < 4.78 is 4.83. The zero-order chi connectivity index (χ0) is 15.1. The highest BCUT2D eigenvalue weighted by Gasteiger charge is 2.27. The topological polar surface area (TPSA) is 53.9 Å². The average molecular weight is 421 g/mol. The molecular weight excluding hydrogens is 393 g/mol. The summed E-state index contributed by atoms with van der Waals surface area (Å²) in [5, 5.41) is 3.49. The van der Waals surface area contributed by atoms with Crippen molar-refractivity contribution in [2.45, 2.75) is 32.1 Å². The predicted octanol–water partition coefficient (Wildman–Crippen LogP) is 2.42. The highest BCUT2D eigenvalue weighted by molar-refractivity contribution is 14.0.